The van der Waals surface area contributed by atoms with Crippen molar-refractivity contribution < 1.29 is 41.4 Å². The molecule has 40 heavy (non-hydrogen) atoms. The molecule has 2 N–H and O–H groups in total. The van der Waals surface area contributed by atoms with Gasteiger partial charge in [0.2, 0.25) is 11.8 Å². The lowest BCUT2D eigenvalue weighted by Gasteiger charge is -2.30. The van der Waals surface area contributed by atoms with Crippen LogP contribution in [0.3, 0.4) is 0 Å². The van der Waals surface area contributed by atoms with E-state index in [0.717, 1.165) is 6.07 Å². The molecule has 218 valence electrons. The smallest absolute Gasteiger partial charge is 0.444 e. The average molecular weight is 568 g/mol. The fourth-order valence-electron chi connectivity index (χ4n) is 4.41. The number of aryl methyl sites for hydroxylation is 1. The molecule has 1 heterocycles. The van der Waals surface area contributed by atoms with Crippen LogP contribution < -0.4 is 20.3 Å². The molecule has 8 nitrogen and oxygen atoms in total. The third kappa shape index (κ3) is 8.33. The van der Waals surface area contributed by atoms with Crippen LogP contribution in [0.15, 0.2) is 42.5 Å². The van der Waals surface area contributed by atoms with E-state index in [1.807, 2.05) is 0 Å². The molecule has 1 aliphatic heterocycles. The lowest BCUT2D eigenvalue weighted by atomic mass is 10.0. The zero-order valence-corrected chi connectivity index (χ0v) is 22.9. The summed E-state index contributed by atoms with van der Waals surface area (Å²) < 4.78 is 62.2. The van der Waals surface area contributed by atoms with Crippen LogP contribution in [-0.2, 0) is 27.2 Å². The fraction of sp³-hybridized carbons (Fsp3) is 0.464. The quantitative estimate of drug-likeness (QED) is 0.458. The molecule has 0 aliphatic carbocycles. The molecule has 3 amide bonds. The van der Waals surface area contributed by atoms with Crippen LogP contribution in [0.5, 0.6) is 5.75 Å². The van der Waals surface area contributed by atoms with E-state index in [9.17, 15) is 31.9 Å². The van der Waals surface area contributed by atoms with Crippen LogP contribution in [0.2, 0.25) is 0 Å². The summed E-state index contributed by atoms with van der Waals surface area (Å²) in [6.07, 6.45) is -5.93. The number of para-hydroxylation sites is 1. The fourth-order valence-corrected chi connectivity index (χ4v) is 4.41. The normalized spacial score (nSPS) is 16.6. The summed E-state index contributed by atoms with van der Waals surface area (Å²) >= 11 is 0. The summed E-state index contributed by atoms with van der Waals surface area (Å²) in [7, 11) is 0. The monoisotopic (exact) mass is 567 g/mol. The lowest BCUT2D eigenvalue weighted by molar-refractivity contribution is -0.274. The van der Waals surface area contributed by atoms with E-state index in [-0.39, 0.29) is 24.4 Å². The molecule has 2 aromatic carbocycles. The zero-order chi connectivity index (χ0) is 29.8. The van der Waals surface area contributed by atoms with Gasteiger partial charge in [-0.15, -0.1) is 13.2 Å². The highest BCUT2D eigenvalue weighted by Crippen LogP contribution is 2.30. The Morgan fingerprint density at radius 1 is 1.10 bits per heavy atom. The minimum Gasteiger partial charge on any atom is -0.444 e. The Kier molecular flexibility index (Phi) is 9.32. The van der Waals surface area contributed by atoms with Crippen molar-refractivity contribution in [2.24, 2.45) is 0 Å². The first kappa shape index (κ1) is 30.7. The summed E-state index contributed by atoms with van der Waals surface area (Å²) in [6, 6.07) is 6.55. The average Bonchev–Trinajstić information content (AvgIpc) is 2.94. The Balaban J connectivity index is 1.89. The molecule has 0 unspecified atom stereocenters. The molecule has 0 saturated heterocycles. The number of alkyl carbamates (subject to hydrolysis) is 1. The zero-order valence-electron chi connectivity index (χ0n) is 22.9. The highest BCUT2D eigenvalue weighted by Gasteiger charge is 2.36. The van der Waals surface area contributed by atoms with Gasteiger partial charge in [-0.2, -0.15) is 0 Å². The molecule has 2 aromatic rings. The van der Waals surface area contributed by atoms with E-state index in [0.29, 0.717) is 11.3 Å². The summed E-state index contributed by atoms with van der Waals surface area (Å²) in [5.41, 5.74) is 0.202. The van der Waals surface area contributed by atoms with E-state index >= 15 is 0 Å². The third-order valence-electron chi connectivity index (χ3n) is 6.00. The Labute approximate surface area is 230 Å². The number of halogens is 4. The van der Waals surface area contributed by atoms with Crippen LogP contribution in [0.1, 0.15) is 52.2 Å². The maximum atomic E-state index is 13.9. The third-order valence-corrected chi connectivity index (χ3v) is 6.00. The number of fused-ring (bicyclic) bond motifs is 1. The number of nitrogens with zero attached hydrogens (tertiary/aromatic N) is 1. The molecule has 0 saturated carbocycles. The first-order chi connectivity index (χ1) is 18.5. The maximum absolute atomic E-state index is 13.9. The van der Waals surface area contributed by atoms with Gasteiger partial charge in [-0.05, 0) is 82.9 Å². The van der Waals surface area contributed by atoms with Crippen LogP contribution in [0.25, 0.3) is 0 Å². The minimum atomic E-state index is -4.98. The van der Waals surface area contributed by atoms with Crippen LogP contribution in [-0.4, -0.2) is 48.0 Å². The number of ether oxygens (including phenoxy) is 2. The summed E-state index contributed by atoms with van der Waals surface area (Å²) in [5, 5.41) is 5.05. The first-order valence-corrected chi connectivity index (χ1v) is 12.8. The van der Waals surface area contributed by atoms with Crippen molar-refractivity contribution in [1.29, 1.82) is 0 Å². The molecule has 2 atom stereocenters. The molecule has 0 spiro atoms. The molecule has 0 bridgehead atoms. The van der Waals surface area contributed by atoms with Crippen molar-refractivity contribution in [3.8, 4) is 5.75 Å². The second-order valence-electron chi connectivity index (χ2n) is 10.7. The molecule has 0 fully saturated rings. The second kappa shape index (κ2) is 12.1. The van der Waals surface area contributed by atoms with Gasteiger partial charge < -0.3 is 25.0 Å². The molecular formula is C28H33F4N3O5. The van der Waals surface area contributed by atoms with Crippen LogP contribution in [0, 0.1) is 5.82 Å². The van der Waals surface area contributed by atoms with Crippen molar-refractivity contribution in [3.05, 3.63) is 59.4 Å². The number of alkyl halides is 3. The summed E-state index contributed by atoms with van der Waals surface area (Å²) in [4.78, 5) is 41.1. The SMILES string of the molecule is CC(C)N1C(=O)[C@H](NC(=O)[C@@H](Cc2ccccc2OC(F)(F)F)NC(=O)OC(C)(C)C)CCc2cc(F)ccc21. The van der Waals surface area contributed by atoms with Gasteiger partial charge in [-0.3, -0.25) is 9.59 Å². The molecule has 1 aliphatic rings. The van der Waals surface area contributed by atoms with Gasteiger partial charge in [-0.25, -0.2) is 9.18 Å². The molecule has 0 aromatic heterocycles. The number of nitrogens with one attached hydrogen (secondary N) is 2. The van der Waals surface area contributed by atoms with E-state index in [1.165, 1.54) is 41.3 Å². The Morgan fingerprint density at radius 3 is 2.40 bits per heavy atom. The standard InChI is InChI=1S/C28H33F4N3O5/c1-16(2)35-22-13-11-19(29)14-17(22)10-12-20(25(35)37)33-24(36)21(34-26(38)40-27(3,4)5)15-18-8-6-7-9-23(18)39-28(30,31)32/h6-9,11,13-14,16,20-21H,10,12,15H2,1-5H3,(H,33,36)(H,34,38)/t20-,21-/m1/s1. The number of carbonyl (C=O) groups excluding carboxylic acids is 3. The van der Waals surface area contributed by atoms with E-state index < -0.39 is 59.9 Å². The number of rotatable bonds is 7. The predicted molar refractivity (Wildman–Crippen MR) is 139 cm³/mol. The van der Waals surface area contributed by atoms with E-state index in [1.54, 1.807) is 34.6 Å². The Morgan fingerprint density at radius 2 is 1.77 bits per heavy atom. The van der Waals surface area contributed by atoms with Gasteiger partial charge >= 0.3 is 12.5 Å². The Bertz CT molecular complexity index is 1240. The molecule has 3 rings (SSSR count). The molecular weight excluding hydrogens is 534 g/mol. The topological polar surface area (TPSA) is 97.0 Å². The van der Waals surface area contributed by atoms with Crippen molar-refractivity contribution in [3.63, 3.8) is 0 Å². The maximum Gasteiger partial charge on any atom is 0.573 e. The van der Waals surface area contributed by atoms with E-state index in [4.69, 9.17) is 4.74 Å². The number of benzene rings is 2. The molecule has 12 heteroatoms. The number of amides is 3. The Hall–Kier alpha value is -3.83. The molecule has 0 radical (unpaired) electrons. The minimum absolute atomic E-state index is 0.00471. The second-order valence-corrected chi connectivity index (χ2v) is 10.7. The van der Waals surface area contributed by atoms with Gasteiger partial charge in [0.1, 0.15) is 29.3 Å². The first-order valence-electron chi connectivity index (χ1n) is 12.8. The van der Waals surface area contributed by atoms with Crippen molar-refractivity contribution in [2.45, 2.75) is 84.0 Å². The van der Waals surface area contributed by atoms with Gasteiger partial charge in [0.15, 0.2) is 0 Å². The highest BCUT2D eigenvalue weighted by atomic mass is 19.4. The highest BCUT2D eigenvalue weighted by molar-refractivity contribution is 6.01. The van der Waals surface area contributed by atoms with Crippen LogP contribution in [0.4, 0.5) is 28.0 Å². The largest absolute Gasteiger partial charge is 0.573 e. The summed E-state index contributed by atoms with van der Waals surface area (Å²) in [6.45, 7) is 8.39. The van der Waals surface area contributed by atoms with Crippen molar-refractivity contribution >= 4 is 23.6 Å². The number of hydrogen-bond donors (Lipinski definition) is 2. The lowest BCUT2D eigenvalue weighted by Crippen LogP contribution is -2.56. The van der Waals surface area contributed by atoms with Gasteiger partial charge in [0.25, 0.3) is 0 Å². The van der Waals surface area contributed by atoms with E-state index in [2.05, 4.69) is 15.4 Å². The number of hydrogen-bond acceptors (Lipinski definition) is 5. The number of carbonyl (C=O) groups is 3. The van der Waals surface area contributed by atoms with Gasteiger partial charge in [-0.1, -0.05) is 18.2 Å². The predicted octanol–water partition coefficient (Wildman–Crippen LogP) is 5.03. The van der Waals surface area contributed by atoms with Crippen LogP contribution >= 0.6 is 0 Å². The van der Waals surface area contributed by atoms with Crippen molar-refractivity contribution in [1.82, 2.24) is 10.6 Å². The summed E-state index contributed by atoms with van der Waals surface area (Å²) in [5.74, 6) is -2.25. The van der Waals surface area contributed by atoms with Gasteiger partial charge in [0, 0.05) is 18.2 Å². The van der Waals surface area contributed by atoms with Gasteiger partial charge in [0.05, 0.1) is 0 Å². The van der Waals surface area contributed by atoms with Crippen molar-refractivity contribution in [2.75, 3.05) is 4.90 Å². The number of anilines is 1.